The predicted molar refractivity (Wildman–Crippen MR) is 101 cm³/mol. The molecule has 1 fully saturated rings. The second-order valence-corrected chi connectivity index (χ2v) is 7.44. The van der Waals surface area contributed by atoms with Crippen LogP contribution < -0.4 is 10.1 Å². The van der Waals surface area contributed by atoms with Gasteiger partial charge in [0.05, 0.1) is 18.2 Å². The van der Waals surface area contributed by atoms with E-state index in [1.54, 1.807) is 18.2 Å². The molecule has 0 spiro atoms. The van der Waals surface area contributed by atoms with E-state index in [1.165, 1.54) is 0 Å². The Labute approximate surface area is 159 Å². The first-order valence-electron chi connectivity index (χ1n) is 8.62. The lowest BCUT2D eigenvalue weighted by atomic mass is 10.0. The van der Waals surface area contributed by atoms with Crippen molar-refractivity contribution >= 4 is 29.1 Å². The first kappa shape index (κ1) is 20.3. The van der Waals surface area contributed by atoms with Crippen molar-refractivity contribution in [2.45, 2.75) is 26.3 Å². The van der Waals surface area contributed by atoms with Gasteiger partial charge in [0.1, 0.15) is 5.75 Å². The zero-order valence-electron chi connectivity index (χ0n) is 14.8. The van der Waals surface area contributed by atoms with Crippen molar-refractivity contribution in [2.75, 3.05) is 39.5 Å². The largest absolute Gasteiger partial charge is 0.482 e. The van der Waals surface area contributed by atoms with Crippen molar-refractivity contribution in [3.05, 3.63) is 28.2 Å². The van der Waals surface area contributed by atoms with Crippen molar-refractivity contribution in [1.29, 1.82) is 0 Å². The van der Waals surface area contributed by atoms with Crippen LogP contribution in [0.3, 0.4) is 0 Å². The summed E-state index contributed by atoms with van der Waals surface area (Å²) in [4.78, 5) is 14.5. The molecular formula is C18H26Cl2N2O3. The van der Waals surface area contributed by atoms with Crippen LogP contribution in [0, 0.1) is 5.92 Å². The van der Waals surface area contributed by atoms with Gasteiger partial charge in [-0.2, -0.15) is 0 Å². The highest BCUT2D eigenvalue weighted by atomic mass is 35.5. The lowest BCUT2D eigenvalue weighted by molar-refractivity contribution is -0.123. The van der Waals surface area contributed by atoms with E-state index in [0.29, 0.717) is 34.3 Å². The molecule has 0 aliphatic carbocycles. The molecule has 1 aromatic rings. The Hall–Kier alpha value is -1.01. The van der Waals surface area contributed by atoms with E-state index < -0.39 is 0 Å². The molecule has 0 bridgehead atoms. The summed E-state index contributed by atoms with van der Waals surface area (Å²) < 4.78 is 10.9. The lowest BCUT2D eigenvalue weighted by Crippen LogP contribution is -2.49. The van der Waals surface area contributed by atoms with Gasteiger partial charge < -0.3 is 14.8 Å². The third-order valence-electron chi connectivity index (χ3n) is 4.09. The first-order chi connectivity index (χ1) is 12.0. The number of hydrogen-bond acceptors (Lipinski definition) is 4. The van der Waals surface area contributed by atoms with Crippen LogP contribution >= 0.6 is 23.2 Å². The van der Waals surface area contributed by atoms with Crippen LogP contribution in [0.15, 0.2) is 18.2 Å². The molecule has 1 aromatic carbocycles. The van der Waals surface area contributed by atoms with E-state index in [0.717, 1.165) is 32.7 Å². The highest BCUT2D eigenvalue weighted by Gasteiger charge is 2.22. The Morgan fingerprint density at radius 1 is 1.32 bits per heavy atom. The number of halogens is 2. The molecule has 1 aliphatic heterocycles. The number of carbonyl (C=O) groups is 1. The molecule has 0 aromatic heterocycles. The highest BCUT2D eigenvalue weighted by Crippen LogP contribution is 2.27. The van der Waals surface area contributed by atoms with E-state index in [-0.39, 0.29) is 12.5 Å². The monoisotopic (exact) mass is 388 g/mol. The lowest BCUT2D eigenvalue weighted by Gasteiger charge is -2.35. The number of hydrogen-bond donors (Lipinski definition) is 1. The van der Waals surface area contributed by atoms with Crippen molar-refractivity contribution in [3.8, 4) is 5.75 Å². The van der Waals surface area contributed by atoms with Crippen LogP contribution in [0.2, 0.25) is 10.0 Å². The van der Waals surface area contributed by atoms with E-state index in [9.17, 15) is 4.79 Å². The second kappa shape index (κ2) is 10.2. The Morgan fingerprint density at radius 2 is 2.04 bits per heavy atom. The quantitative estimate of drug-likeness (QED) is 0.742. The van der Waals surface area contributed by atoms with E-state index in [4.69, 9.17) is 32.7 Å². The van der Waals surface area contributed by atoms with E-state index >= 15 is 0 Å². The van der Waals surface area contributed by atoms with Gasteiger partial charge in [-0.15, -0.1) is 0 Å². The van der Waals surface area contributed by atoms with E-state index in [2.05, 4.69) is 24.1 Å². The number of benzene rings is 1. The van der Waals surface area contributed by atoms with Gasteiger partial charge in [-0.1, -0.05) is 37.0 Å². The zero-order chi connectivity index (χ0) is 18.2. The normalized spacial score (nSPS) is 16.7. The first-order valence-corrected chi connectivity index (χ1v) is 9.37. The maximum Gasteiger partial charge on any atom is 0.257 e. The minimum Gasteiger partial charge on any atom is -0.482 e. The Morgan fingerprint density at radius 3 is 2.68 bits per heavy atom. The summed E-state index contributed by atoms with van der Waals surface area (Å²) in [5.41, 5.74) is 0. The highest BCUT2D eigenvalue weighted by molar-refractivity contribution is 6.35. The summed E-state index contributed by atoms with van der Waals surface area (Å²) in [5, 5.41) is 3.90. The second-order valence-electron chi connectivity index (χ2n) is 6.60. The summed E-state index contributed by atoms with van der Waals surface area (Å²) in [5.74, 6) is 0.857. The summed E-state index contributed by atoms with van der Waals surface area (Å²) >= 11 is 11.9. The van der Waals surface area contributed by atoms with Crippen LogP contribution in [-0.4, -0.2) is 56.3 Å². The maximum atomic E-state index is 12.1. The van der Waals surface area contributed by atoms with Crippen LogP contribution in [-0.2, 0) is 9.53 Å². The molecule has 1 heterocycles. The summed E-state index contributed by atoms with van der Waals surface area (Å²) in [6.45, 7) is 8.24. The van der Waals surface area contributed by atoms with Gasteiger partial charge >= 0.3 is 0 Å². The average Bonchev–Trinajstić information content (AvgIpc) is 2.58. The molecule has 1 saturated heterocycles. The maximum absolute atomic E-state index is 12.1. The molecule has 1 atom stereocenters. The molecule has 140 valence electrons. The molecule has 2 rings (SSSR count). The molecule has 1 aliphatic rings. The summed E-state index contributed by atoms with van der Waals surface area (Å²) in [6.07, 6.45) is 1.03. The molecular weight excluding hydrogens is 363 g/mol. The third kappa shape index (κ3) is 7.02. The van der Waals surface area contributed by atoms with Crippen LogP contribution in [0.5, 0.6) is 5.75 Å². The molecule has 1 N–H and O–H groups in total. The Balaban J connectivity index is 1.81. The number of amides is 1. The fourth-order valence-corrected chi connectivity index (χ4v) is 3.33. The molecule has 7 heteroatoms. The fraction of sp³-hybridized carbons (Fsp3) is 0.611. The van der Waals surface area contributed by atoms with Gasteiger partial charge in [-0.25, -0.2) is 0 Å². The van der Waals surface area contributed by atoms with Crippen LogP contribution in [0.25, 0.3) is 0 Å². The third-order valence-corrected chi connectivity index (χ3v) is 4.62. The van der Waals surface area contributed by atoms with Crippen LogP contribution in [0.1, 0.15) is 20.3 Å². The van der Waals surface area contributed by atoms with Crippen molar-refractivity contribution < 1.29 is 14.3 Å². The molecule has 0 radical (unpaired) electrons. The molecule has 25 heavy (non-hydrogen) atoms. The molecule has 5 nitrogen and oxygen atoms in total. The number of carbonyl (C=O) groups excluding carboxylic acids is 1. The molecule has 1 amide bonds. The number of rotatable bonds is 8. The van der Waals surface area contributed by atoms with Gasteiger partial charge in [0.2, 0.25) is 0 Å². The summed E-state index contributed by atoms with van der Waals surface area (Å²) in [6, 6.07) is 5.24. The van der Waals surface area contributed by atoms with Gasteiger partial charge in [0.15, 0.2) is 6.61 Å². The topological polar surface area (TPSA) is 50.8 Å². The standard InChI is InChI=1S/C18H26Cl2N2O3/c1-13(2)9-15(22-5-7-24-8-6-22)11-21-18(23)12-25-17-4-3-14(19)10-16(17)20/h3-4,10,13,15H,5-9,11-12H2,1-2H3,(H,21,23). The van der Waals surface area contributed by atoms with Crippen molar-refractivity contribution in [2.24, 2.45) is 5.92 Å². The minimum atomic E-state index is -0.159. The van der Waals surface area contributed by atoms with Gasteiger partial charge in [-0.05, 0) is 30.5 Å². The number of nitrogens with one attached hydrogen (secondary N) is 1. The number of nitrogens with zero attached hydrogens (tertiary/aromatic N) is 1. The summed E-state index contributed by atoms with van der Waals surface area (Å²) in [7, 11) is 0. The van der Waals surface area contributed by atoms with Crippen LogP contribution in [0.4, 0.5) is 0 Å². The number of morpholine rings is 1. The SMILES string of the molecule is CC(C)CC(CNC(=O)COc1ccc(Cl)cc1Cl)N1CCOCC1. The van der Waals surface area contributed by atoms with E-state index in [1.807, 2.05) is 0 Å². The number of ether oxygens (including phenoxy) is 2. The average molecular weight is 389 g/mol. The van der Waals surface area contributed by atoms with Gasteiger partial charge in [-0.3, -0.25) is 9.69 Å². The zero-order valence-corrected chi connectivity index (χ0v) is 16.3. The smallest absolute Gasteiger partial charge is 0.257 e. The van der Waals surface area contributed by atoms with Crippen molar-refractivity contribution in [1.82, 2.24) is 10.2 Å². The Kier molecular flexibility index (Phi) is 8.30. The van der Waals surface area contributed by atoms with Crippen molar-refractivity contribution in [3.63, 3.8) is 0 Å². The minimum absolute atomic E-state index is 0.0706. The molecule has 1 unspecified atom stereocenters. The molecule has 0 saturated carbocycles. The van der Waals surface area contributed by atoms with Gasteiger partial charge in [0, 0.05) is 30.7 Å². The van der Waals surface area contributed by atoms with Gasteiger partial charge in [0.25, 0.3) is 5.91 Å². The Bertz CT molecular complexity index is 563. The fourth-order valence-electron chi connectivity index (χ4n) is 2.87. The predicted octanol–water partition coefficient (Wildman–Crippen LogP) is 3.24.